The molecule has 0 spiro atoms. The van der Waals surface area contributed by atoms with Crippen molar-refractivity contribution in [2.75, 3.05) is 37.6 Å². The zero-order valence-electron chi connectivity index (χ0n) is 15.7. The van der Waals surface area contributed by atoms with Crippen LogP contribution in [0.5, 0.6) is 0 Å². The summed E-state index contributed by atoms with van der Waals surface area (Å²) in [6.07, 6.45) is 5.63. The van der Waals surface area contributed by atoms with E-state index in [1.807, 2.05) is 18.2 Å². The molecule has 1 saturated carbocycles. The normalized spacial score (nSPS) is 24.4. The van der Waals surface area contributed by atoms with Gasteiger partial charge in [0.1, 0.15) is 0 Å². The summed E-state index contributed by atoms with van der Waals surface area (Å²) < 4.78 is 0. The van der Waals surface area contributed by atoms with E-state index in [0.717, 1.165) is 76.4 Å². The van der Waals surface area contributed by atoms with Gasteiger partial charge >= 0.3 is 6.09 Å². The predicted molar refractivity (Wildman–Crippen MR) is 111 cm³/mol. The van der Waals surface area contributed by atoms with Crippen LogP contribution in [0.25, 0.3) is 0 Å². The molecule has 7 heteroatoms. The van der Waals surface area contributed by atoms with Crippen LogP contribution in [0.4, 0.5) is 10.5 Å². The summed E-state index contributed by atoms with van der Waals surface area (Å²) in [5.74, 6) is 0.721. The van der Waals surface area contributed by atoms with Gasteiger partial charge in [-0.3, -0.25) is 0 Å². The predicted octanol–water partition coefficient (Wildman–Crippen LogP) is 4.72. The molecule has 1 aromatic carbocycles. The quantitative estimate of drug-likeness (QED) is 0.732. The summed E-state index contributed by atoms with van der Waals surface area (Å²) in [6.45, 7) is 5.25. The molecule has 0 unspecified atom stereocenters. The Kier molecular flexibility index (Phi) is 7.50. The van der Waals surface area contributed by atoms with Gasteiger partial charge in [0, 0.05) is 25.7 Å². The molecule has 5 nitrogen and oxygen atoms in total. The molecule has 2 aliphatic rings. The highest BCUT2D eigenvalue weighted by Crippen LogP contribution is 2.33. The van der Waals surface area contributed by atoms with Crippen LogP contribution >= 0.6 is 23.2 Å². The van der Waals surface area contributed by atoms with Crippen molar-refractivity contribution in [3.63, 3.8) is 0 Å². The topological polar surface area (TPSA) is 55.8 Å². The first-order valence-electron chi connectivity index (χ1n) is 9.93. The van der Waals surface area contributed by atoms with Gasteiger partial charge in [0.2, 0.25) is 0 Å². The number of benzene rings is 1. The molecule has 2 N–H and O–H groups in total. The summed E-state index contributed by atoms with van der Waals surface area (Å²) in [4.78, 5) is 15.6. The van der Waals surface area contributed by atoms with Crippen LogP contribution in [-0.4, -0.2) is 54.9 Å². The van der Waals surface area contributed by atoms with E-state index in [1.54, 1.807) is 0 Å². The smallest absolute Gasteiger partial charge is 0.404 e. The summed E-state index contributed by atoms with van der Waals surface area (Å²) in [7, 11) is 0. The number of amides is 1. The van der Waals surface area contributed by atoms with Gasteiger partial charge < -0.3 is 20.2 Å². The third-order valence-electron chi connectivity index (χ3n) is 5.89. The summed E-state index contributed by atoms with van der Waals surface area (Å²) in [5.41, 5.74) is 1.04. The Labute approximate surface area is 171 Å². The molecule has 3 rings (SSSR count). The number of halogens is 2. The van der Waals surface area contributed by atoms with Crippen molar-refractivity contribution in [3.05, 3.63) is 28.2 Å². The minimum absolute atomic E-state index is 0.146. The van der Waals surface area contributed by atoms with E-state index >= 15 is 0 Å². The fourth-order valence-electron chi connectivity index (χ4n) is 4.31. The average Bonchev–Trinajstić information content (AvgIpc) is 2.89. The van der Waals surface area contributed by atoms with E-state index < -0.39 is 6.09 Å². The van der Waals surface area contributed by atoms with E-state index in [4.69, 9.17) is 28.3 Å². The van der Waals surface area contributed by atoms with Gasteiger partial charge in [0.05, 0.1) is 15.7 Å². The zero-order valence-corrected chi connectivity index (χ0v) is 17.2. The maximum absolute atomic E-state index is 10.7. The highest BCUT2D eigenvalue weighted by molar-refractivity contribution is 6.43. The van der Waals surface area contributed by atoms with Crippen LogP contribution in [0, 0.1) is 5.92 Å². The lowest BCUT2D eigenvalue weighted by atomic mass is 9.84. The van der Waals surface area contributed by atoms with Crippen molar-refractivity contribution in [1.82, 2.24) is 10.2 Å². The van der Waals surface area contributed by atoms with Crippen molar-refractivity contribution in [2.24, 2.45) is 5.92 Å². The van der Waals surface area contributed by atoms with Crippen LogP contribution in [0.2, 0.25) is 10.0 Å². The molecular formula is C20H29Cl2N3O2. The second-order valence-corrected chi connectivity index (χ2v) is 8.50. The second-order valence-electron chi connectivity index (χ2n) is 7.71. The number of rotatable bonds is 5. The third kappa shape index (κ3) is 5.90. The highest BCUT2D eigenvalue weighted by Gasteiger charge is 2.23. The first kappa shape index (κ1) is 20.6. The Balaban J connectivity index is 1.43. The fourth-order valence-corrected chi connectivity index (χ4v) is 4.72. The zero-order chi connectivity index (χ0) is 19.2. The third-order valence-corrected chi connectivity index (χ3v) is 6.70. The Morgan fingerprint density at radius 1 is 1.11 bits per heavy atom. The van der Waals surface area contributed by atoms with Gasteiger partial charge in [0.25, 0.3) is 0 Å². The van der Waals surface area contributed by atoms with Crippen molar-refractivity contribution in [1.29, 1.82) is 0 Å². The lowest BCUT2D eigenvalue weighted by Crippen LogP contribution is -2.37. The SMILES string of the molecule is O=C(O)N[C@H]1CC[C@H](CCN2CCCN(c3cccc(Cl)c3Cl)CC2)CC1. The maximum Gasteiger partial charge on any atom is 0.404 e. The van der Waals surface area contributed by atoms with Crippen LogP contribution in [0.3, 0.4) is 0 Å². The molecule has 0 atom stereocenters. The lowest BCUT2D eigenvalue weighted by molar-refractivity contribution is 0.179. The van der Waals surface area contributed by atoms with Crippen LogP contribution < -0.4 is 10.2 Å². The second kappa shape index (κ2) is 9.85. The van der Waals surface area contributed by atoms with Gasteiger partial charge in [0.15, 0.2) is 0 Å². The Morgan fingerprint density at radius 3 is 2.63 bits per heavy atom. The molecule has 1 aromatic rings. The summed E-state index contributed by atoms with van der Waals surface area (Å²) in [5, 5.41) is 12.7. The van der Waals surface area contributed by atoms with E-state index in [-0.39, 0.29) is 6.04 Å². The minimum Gasteiger partial charge on any atom is -0.465 e. The number of nitrogens with one attached hydrogen (secondary N) is 1. The molecule has 0 aromatic heterocycles. The number of hydrogen-bond donors (Lipinski definition) is 2. The molecule has 27 heavy (non-hydrogen) atoms. The van der Waals surface area contributed by atoms with E-state index in [0.29, 0.717) is 10.0 Å². The Morgan fingerprint density at radius 2 is 1.89 bits per heavy atom. The maximum atomic E-state index is 10.7. The van der Waals surface area contributed by atoms with E-state index in [2.05, 4.69) is 15.1 Å². The van der Waals surface area contributed by atoms with Crippen LogP contribution in [0.15, 0.2) is 18.2 Å². The average molecular weight is 414 g/mol. The number of nitrogens with zero attached hydrogens (tertiary/aromatic N) is 2. The minimum atomic E-state index is -0.896. The number of carboxylic acid groups (broad SMARTS) is 1. The first-order valence-corrected chi connectivity index (χ1v) is 10.7. The Hall–Kier alpha value is -1.17. The molecule has 1 aliphatic heterocycles. The molecule has 150 valence electrons. The largest absolute Gasteiger partial charge is 0.465 e. The number of hydrogen-bond acceptors (Lipinski definition) is 3. The first-order chi connectivity index (χ1) is 13.0. The number of carbonyl (C=O) groups is 1. The molecule has 2 fully saturated rings. The van der Waals surface area contributed by atoms with Gasteiger partial charge in [-0.1, -0.05) is 29.3 Å². The molecule has 1 saturated heterocycles. The van der Waals surface area contributed by atoms with Crippen molar-refractivity contribution >= 4 is 35.0 Å². The molecule has 0 radical (unpaired) electrons. The summed E-state index contributed by atoms with van der Waals surface area (Å²) in [6, 6.07) is 5.99. The lowest BCUT2D eigenvalue weighted by Gasteiger charge is -2.30. The number of anilines is 1. The van der Waals surface area contributed by atoms with Gasteiger partial charge in [-0.15, -0.1) is 0 Å². The summed E-state index contributed by atoms with van der Waals surface area (Å²) >= 11 is 12.6. The highest BCUT2D eigenvalue weighted by atomic mass is 35.5. The van der Waals surface area contributed by atoms with Crippen LogP contribution in [0.1, 0.15) is 38.5 Å². The van der Waals surface area contributed by atoms with Gasteiger partial charge in [-0.05, 0) is 69.7 Å². The molecule has 1 amide bonds. The standard InChI is InChI=1S/C20H29Cl2N3O2/c21-17-3-1-4-18(19(17)22)25-11-2-10-24(13-14-25)12-9-15-5-7-16(8-6-15)23-20(26)27/h1,3-4,15-16,23H,2,5-14H2,(H,26,27)/t15-,16-. The van der Waals surface area contributed by atoms with Crippen LogP contribution in [-0.2, 0) is 0 Å². The van der Waals surface area contributed by atoms with Crippen molar-refractivity contribution in [3.8, 4) is 0 Å². The van der Waals surface area contributed by atoms with Crippen molar-refractivity contribution in [2.45, 2.75) is 44.6 Å². The van der Waals surface area contributed by atoms with E-state index in [1.165, 1.54) is 6.42 Å². The molecule has 0 bridgehead atoms. The van der Waals surface area contributed by atoms with Crippen molar-refractivity contribution < 1.29 is 9.90 Å². The van der Waals surface area contributed by atoms with Gasteiger partial charge in [-0.2, -0.15) is 0 Å². The molecular weight excluding hydrogens is 385 g/mol. The fraction of sp³-hybridized carbons (Fsp3) is 0.650. The van der Waals surface area contributed by atoms with E-state index in [9.17, 15) is 4.79 Å². The molecule has 1 heterocycles. The monoisotopic (exact) mass is 413 g/mol. The Bertz CT molecular complexity index is 636. The van der Waals surface area contributed by atoms with Gasteiger partial charge in [-0.25, -0.2) is 4.79 Å². The molecule has 1 aliphatic carbocycles.